The number of nitrogens with zero attached hydrogens (tertiary/aromatic N) is 1. The molecule has 90 valence electrons. The zero-order valence-corrected chi connectivity index (χ0v) is 10.4. The average molecular weight is 326 g/mol. The summed E-state index contributed by atoms with van der Waals surface area (Å²) >= 11 is 8.99. The highest BCUT2D eigenvalue weighted by Crippen LogP contribution is 2.35. The number of fused-ring (bicyclic) bond motifs is 1. The van der Waals surface area contributed by atoms with Crippen molar-refractivity contribution in [1.82, 2.24) is 4.98 Å². The van der Waals surface area contributed by atoms with Crippen LogP contribution in [0.25, 0.3) is 10.9 Å². The molecule has 2 nitrogen and oxygen atoms in total. The Kier molecular flexibility index (Phi) is 3.18. The molecule has 0 spiro atoms. The lowest BCUT2D eigenvalue weighted by atomic mass is 10.2. The number of alkyl halides is 3. The van der Waals surface area contributed by atoms with Gasteiger partial charge >= 0.3 is 6.36 Å². The molecule has 17 heavy (non-hydrogen) atoms. The third kappa shape index (κ3) is 2.63. The standard InChI is InChI=1S/C10H4BrClF3NO/c11-8-5-2-1-3-7(17-10(13,14)15)9(5)16-4-6(8)12/h1-4H. The number of hydrogen-bond acceptors (Lipinski definition) is 2. The van der Waals surface area contributed by atoms with Gasteiger partial charge in [-0.2, -0.15) is 0 Å². The predicted molar refractivity (Wildman–Crippen MR) is 61.1 cm³/mol. The molecule has 0 bridgehead atoms. The zero-order chi connectivity index (χ0) is 12.6. The molecule has 1 aromatic carbocycles. The topological polar surface area (TPSA) is 22.1 Å². The molecular formula is C10H4BrClF3NO. The third-order valence-corrected chi connectivity index (χ3v) is 3.35. The van der Waals surface area contributed by atoms with E-state index in [-0.39, 0.29) is 11.3 Å². The molecule has 2 rings (SSSR count). The maximum Gasteiger partial charge on any atom is 0.573 e. The van der Waals surface area contributed by atoms with Crippen molar-refractivity contribution in [2.75, 3.05) is 0 Å². The van der Waals surface area contributed by atoms with Crippen LogP contribution >= 0.6 is 27.5 Å². The van der Waals surface area contributed by atoms with E-state index in [1.165, 1.54) is 18.3 Å². The normalized spacial score (nSPS) is 11.8. The molecule has 0 atom stereocenters. The van der Waals surface area contributed by atoms with Gasteiger partial charge in [0, 0.05) is 16.1 Å². The van der Waals surface area contributed by atoms with Crippen LogP contribution in [0.5, 0.6) is 5.75 Å². The van der Waals surface area contributed by atoms with Crippen molar-refractivity contribution in [2.24, 2.45) is 0 Å². The van der Waals surface area contributed by atoms with Gasteiger partial charge in [0.25, 0.3) is 0 Å². The van der Waals surface area contributed by atoms with Crippen molar-refractivity contribution < 1.29 is 17.9 Å². The van der Waals surface area contributed by atoms with Crippen LogP contribution in [0.4, 0.5) is 13.2 Å². The maximum absolute atomic E-state index is 12.2. The lowest BCUT2D eigenvalue weighted by Crippen LogP contribution is -2.17. The molecule has 0 amide bonds. The monoisotopic (exact) mass is 325 g/mol. The smallest absolute Gasteiger partial charge is 0.403 e. The summed E-state index contributed by atoms with van der Waals surface area (Å²) in [5.74, 6) is -0.354. The van der Waals surface area contributed by atoms with Crippen molar-refractivity contribution in [3.63, 3.8) is 0 Å². The molecule has 0 saturated carbocycles. The van der Waals surface area contributed by atoms with Crippen molar-refractivity contribution in [2.45, 2.75) is 6.36 Å². The van der Waals surface area contributed by atoms with Gasteiger partial charge in [-0.1, -0.05) is 23.7 Å². The molecule has 0 saturated heterocycles. The number of rotatable bonds is 1. The highest BCUT2D eigenvalue weighted by molar-refractivity contribution is 9.10. The van der Waals surface area contributed by atoms with E-state index in [2.05, 4.69) is 25.7 Å². The maximum atomic E-state index is 12.2. The number of aromatic nitrogens is 1. The van der Waals surface area contributed by atoms with Crippen LogP contribution in [-0.4, -0.2) is 11.3 Å². The molecule has 0 N–H and O–H groups in total. The second kappa shape index (κ2) is 4.34. The Morgan fingerprint density at radius 3 is 2.65 bits per heavy atom. The Morgan fingerprint density at radius 1 is 1.29 bits per heavy atom. The van der Waals surface area contributed by atoms with Gasteiger partial charge in [0.2, 0.25) is 0 Å². The Hall–Kier alpha value is -1.01. The minimum absolute atomic E-state index is 0.0982. The fourth-order valence-electron chi connectivity index (χ4n) is 1.35. The van der Waals surface area contributed by atoms with Crippen LogP contribution in [-0.2, 0) is 0 Å². The molecule has 7 heteroatoms. The van der Waals surface area contributed by atoms with Crippen molar-refractivity contribution >= 4 is 38.4 Å². The summed E-state index contributed by atoms with van der Waals surface area (Å²) < 4.78 is 40.9. The summed E-state index contributed by atoms with van der Waals surface area (Å²) in [6.07, 6.45) is -3.49. The number of pyridine rings is 1. The summed E-state index contributed by atoms with van der Waals surface area (Å²) in [4.78, 5) is 3.84. The Morgan fingerprint density at radius 2 is 2.00 bits per heavy atom. The van der Waals surface area contributed by atoms with E-state index in [4.69, 9.17) is 11.6 Å². The summed E-state index contributed by atoms with van der Waals surface area (Å²) in [5.41, 5.74) is 0.0982. The fourth-order valence-corrected chi connectivity index (χ4v) is 1.92. The SMILES string of the molecule is FC(F)(F)Oc1cccc2c(Br)c(Cl)cnc12. The van der Waals surface area contributed by atoms with Crippen LogP contribution in [0.2, 0.25) is 5.02 Å². The Bertz CT molecular complexity index is 573. The van der Waals surface area contributed by atoms with Crippen LogP contribution in [0.3, 0.4) is 0 Å². The first-order valence-electron chi connectivity index (χ1n) is 4.37. The van der Waals surface area contributed by atoms with Gasteiger partial charge in [-0.3, -0.25) is 4.98 Å². The van der Waals surface area contributed by atoms with E-state index in [0.717, 1.165) is 0 Å². The first-order valence-corrected chi connectivity index (χ1v) is 5.54. The second-order valence-corrected chi connectivity index (χ2v) is 4.32. The number of para-hydroxylation sites is 1. The number of hydrogen-bond donors (Lipinski definition) is 0. The highest BCUT2D eigenvalue weighted by Gasteiger charge is 2.32. The molecule has 1 heterocycles. The largest absolute Gasteiger partial charge is 0.573 e. The Balaban J connectivity index is 2.63. The molecule has 2 aromatic rings. The number of ether oxygens (including phenoxy) is 1. The molecular weight excluding hydrogens is 322 g/mol. The van der Waals surface area contributed by atoms with E-state index in [1.807, 2.05) is 0 Å². The van der Waals surface area contributed by atoms with E-state index < -0.39 is 6.36 Å². The molecule has 1 aromatic heterocycles. The molecule has 0 aliphatic rings. The first-order chi connectivity index (χ1) is 7.88. The summed E-state index contributed by atoms with van der Waals surface area (Å²) in [5, 5.41) is 0.779. The first kappa shape index (κ1) is 12.4. The number of halogens is 5. The summed E-state index contributed by atoms with van der Waals surface area (Å²) in [6, 6.07) is 4.23. The van der Waals surface area contributed by atoms with Gasteiger partial charge in [0.15, 0.2) is 5.75 Å². The van der Waals surface area contributed by atoms with Gasteiger partial charge in [0.1, 0.15) is 5.52 Å². The Labute approximate surface area is 107 Å². The average Bonchev–Trinajstić information content (AvgIpc) is 2.22. The number of benzene rings is 1. The fraction of sp³-hybridized carbons (Fsp3) is 0.100. The van der Waals surface area contributed by atoms with Crippen LogP contribution < -0.4 is 4.74 Å². The third-order valence-electron chi connectivity index (χ3n) is 1.98. The molecule has 0 unspecified atom stereocenters. The van der Waals surface area contributed by atoms with E-state index in [9.17, 15) is 13.2 Å². The van der Waals surface area contributed by atoms with Crippen molar-refractivity contribution in [3.8, 4) is 5.75 Å². The van der Waals surface area contributed by atoms with Gasteiger partial charge in [-0.25, -0.2) is 0 Å². The van der Waals surface area contributed by atoms with Crippen LogP contribution in [0, 0.1) is 0 Å². The minimum atomic E-state index is -4.75. The van der Waals surface area contributed by atoms with Crippen LogP contribution in [0.1, 0.15) is 0 Å². The van der Waals surface area contributed by atoms with E-state index in [1.54, 1.807) is 6.07 Å². The van der Waals surface area contributed by atoms with Crippen molar-refractivity contribution in [3.05, 3.63) is 33.9 Å². The predicted octanol–water partition coefficient (Wildman–Crippen LogP) is 4.55. The van der Waals surface area contributed by atoms with Crippen molar-refractivity contribution in [1.29, 1.82) is 0 Å². The molecule has 0 aliphatic heterocycles. The molecule has 0 radical (unpaired) electrons. The highest BCUT2D eigenvalue weighted by atomic mass is 79.9. The van der Waals surface area contributed by atoms with Crippen LogP contribution in [0.15, 0.2) is 28.9 Å². The summed E-state index contributed by atoms with van der Waals surface area (Å²) in [6.45, 7) is 0. The molecule has 0 fully saturated rings. The van der Waals surface area contributed by atoms with Gasteiger partial charge < -0.3 is 4.74 Å². The lowest BCUT2D eigenvalue weighted by Gasteiger charge is -2.11. The van der Waals surface area contributed by atoms with Gasteiger partial charge in [0.05, 0.1) is 5.02 Å². The van der Waals surface area contributed by atoms with Gasteiger partial charge in [-0.15, -0.1) is 13.2 Å². The molecule has 0 aliphatic carbocycles. The minimum Gasteiger partial charge on any atom is -0.403 e. The lowest BCUT2D eigenvalue weighted by molar-refractivity contribution is -0.274. The van der Waals surface area contributed by atoms with Gasteiger partial charge in [-0.05, 0) is 22.0 Å². The second-order valence-electron chi connectivity index (χ2n) is 3.12. The zero-order valence-electron chi connectivity index (χ0n) is 8.05. The van der Waals surface area contributed by atoms with E-state index >= 15 is 0 Å². The van der Waals surface area contributed by atoms with E-state index in [0.29, 0.717) is 14.9 Å². The quantitative estimate of drug-likeness (QED) is 0.767. The summed E-state index contributed by atoms with van der Waals surface area (Å²) in [7, 11) is 0.